The second-order valence-corrected chi connectivity index (χ2v) is 7.72. The van der Waals surface area contributed by atoms with Gasteiger partial charge in [-0.2, -0.15) is 4.98 Å². The van der Waals surface area contributed by atoms with Crippen LogP contribution in [0, 0.1) is 0 Å². The molecule has 2 heterocycles. The van der Waals surface area contributed by atoms with Crippen LogP contribution in [0.3, 0.4) is 0 Å². The minimum atomic E-state index is 0.651. The van der Waals surface area contributed by atoms with E-state index in [-0.39, 0.29) is 0 Å². The number of piperazine rings is 1. The van der Waals surface area contributed by atoms with E-state index in [0.29, 0.717) is 6.61 Å². The zero-order valence-corrected chi connectivity index (χ0v) is 16.7. The topological polar surface area (TPSA) is 41.5 Å². The van der Waals surface area contributed by atoms with Crippen molar-refractivity contribution in [1.82, 2.24) is 14.9 Å². The summed E-state index contributed by atoms with van der Waals surface area (Å²) in [6.07, 6.45) is 4.50. The molecule has 1 saturated heterocycles. The van der Waals surface area contributed by atoms with E-state index in [9.17, 15) is 0 Å². The van der Waals surface area contributed by atoms with Crippen molar-refractivity contribution in [3.05, 3.63) is 46.1 Å². The van der Waals surface area contributed by atoms with Gasteiger partial charge >= 0.3 is 0 Å². The molecule has 1 aromatic carbocycles. The number of fused-ring (bicyclic) bond motifs is 1. The average Bonchev–Trinajstić information content (AvgIpc) is 2.70. The van der Waals surface area contributed by atoms with Crippen LogP contribution >= 0.6 is 11.6 Å². The molecule has 4 rings (SSSR count). The molecule has 0 radical (unpaired) electrons. The van der Waals surface area contributed by atoms with E-state index in [1.54, 1.807) is 0 Å². The number of hydrogen-bond acceptors (Lipinski definition) is 5. The SMILES string of the molecule is CCOc1nc(N2CCN(Cc3ccc(Cl)cc3)CC2)nc2c1CCCC2. The smallest absolute Gasteiger partial charge is 0.228 e. The molecule has 1 aliphatic heterocycles. The fourth-order valence-electron chi connectivity index (χ4n) is 3.90. The van der Waals surface area contributed by atoms with Gasteiger partial charge in [0, 0.05) is 43.3 Å². The lowest BCUT2D eigenvalue weighted by molar-refractivity contribution is 0.248. The van der Waals surface area contributed by atoms with E-state index in [0.717, 1.165) is 62.4 Å². The van der Waals surface area contributed by atoms with Crippen molar-refractivity contribution in [3.63, 3.8) is 0 Å². The van der Waals surface area contributed by atoms with Crippen molar-refractivity contribution in [2.75, 3.05) is 37.7 Å². The van der Waals surface area contributed by atoms with Gasteiger partial charge in [0.1, 0.15) is 0 Å². The summed E-state index contributed by atoms with van der Waals surface area (Å²) in [6.45, 7) is 7.53. The Hall–Kier alpha value is -1.85. The third-order valence-corrected chi connectivity index (χ3v) is 5.64. The lowest BCUT2D eigenvalue weighted by Gasteiger charge is -2.35. The molecule has 0 bridgehead atoms. The van der Waals surface area contributed by atoms with Crippen molar-refractivity contribution in [1.29, 1.82) is 0 Å². The average molecular weight is 387 g/mol. The van der Waals surface area contributed by atoms with Gasteiger partial charge in [0.05, 0.1) is 12.3 Å². The van der Waals surface area contributed by atoms with E-state index >= 15 is 0 Å². The Morgan fingerprint density at radius 1 is 1.00 bits per heavy atom. The fourth-order valence-corrected chi connectivity index (χ4v) is 4.02. The lowest BCUT2D eigenvalue weighted by atomic mass is 9.97. The largest absolute Gasteiger partial charge is 0.478 e. The van der Waals surface area contributed by atoms with Gasteiger partial charge in [-0.15, -0.1) is 0 Å². The first-order chi connectivity index (χ1) is 13.2. The van der Waals surface area contributed by atoms with Crippen LogP contribution in [0.1, 0.15) is 36.6 Å². The monoisotopic (exact) mass is 386 g/mol. The summed E-state index contributed by atoms with van der Waals surface area (Å²) in [4.78, 5) is 14.5. The van der Waals surface area contributed by atoms with Gasteiger partial charge in [-0.3, -0.25) is 4.90 Å². The summed E-state index contributed by atoms with van der Waals surface area (Å²) in [5, 5.41) is 0.790. The molecule has 0 saturated carbocycles. The summed E-state index contributed by atoms with van der Waals surface area (Å²) in [5.74, 6) is 1.64. The van der Waals surface area contributed by atoms with E-state index in [1.165, 1.54) is 29.7 Å². The molecular formula is C21H27ClN4O. The molecule has 1 aromatic heterocycles. The fraction of sp³-hybridized carbons (Fsp3) is 0.524. The minimum absolute atomic E-state index is 0.651. The van der Waals surface area contributed by atoms with Crippen molar-refractivity contribution in [3.8, 4) is 5.88 Å². The highest BCUT2D eigenvalue weighted by Gasteiger charge is 2.24. The highest BCUT2D eigenvalue weighted by atomic mass is 35.5. The number of nitrogens with zero attached hydrogens (tertiary/aromatic N) is 4. The molecular weight excluding hydrogens is 360 g/mol. The Labute approximate surface area is 166 Å². The highest BCUT2D eigenvalue weighted by Crippen LogP contribution is 2.29. The van der Waals surface area contributed by atoms with Crippen molar-refractivity contribution in [2.24, 2.45) is 0 Å². The van der Waals surface area contributed by atoms with Crippen molar-refractivity contribution >= 4 is 17.5 Å². The molecule has 27 heavy (non-hydrogen) atoms. The van der Waals surface area contributed by atoms with Crippen molar-refractivity contribution < 1.29 is 4.74 Å². The maximum Gasteiger partial charge on any atom is 0.228 e. The van der Waals surface area contributed by atoms with E-state index in [2.05, 4.69) is 21.9 Å². The summed E-state index contributed by atoms with van der Waals surface area (Å²) in [6, 6.07) is 8.14. The predicted octanol–water partition coefficient (Wildman–Crippen LogP) is 3.73. The molecule has 1 aliphatic carbocycles. The van der Waals surface area contributed by atoms with Crippen LogP contribution in [-0.2, 0) is 19.4 Å². The molecule has 0 unspecified atom stereocenters. The number of anilines is 1. The molecule has 2 aliphatic rings. The third kappa shape index (κ3) is 4.36. The van der Waals surface area contributed by atoms with Crippen LogP contribution in [0.5, 0.6) is 5.88 Å². The van der Waals surface area contributed by atoms with Crippen molar-refractivity contribution in [2.45, 2.75) is 39.2 Å². The normalized spacial score (nSPS) is 17.6. The number of rotatable bonds is 5. The summed E-state index contributed by atoms with van der Waals surface area (Å²) in [5.41, 5.74) is 3.73. The van der Waals surface area contributed by atoms with Gasteiger partial charge < -0.3 is 9.64 Å². The molecule has 6 heteroatoms. The Bertz CT molecular complexity index is 772. The maximum atomic E-state index is 5.98. The number of benzene rings is 1. The summed E-state index contributed by atoms with van der Waals surface area (Å²) in [7, 11) is 0. The van der Waals surface area contributed by atoms with E-state index in [4.69, 9.17) is 26.3 Å². The molecule has 0 spiro atoms. The second kappa shape index (κ2) is 8.44. The number of hydrogen-bond donors (Lipinski definition) is 0. The quantitative estimate of drug-likeness (QED) is 0.783. The van der Waals surface area contributed by atoms with Gasteiger partial charge in [0.2, 0.25) is 11.8 Å². The Kier molecular flexibility index (Phi) is 5.79. The Balaban J connectivity index is 1.43. The zero-order valence-electron chi connectivity index (χ0n) is 16.0. The van der Waals surface area contributed by atoms with Gasteiger partial charge in [-0.1, -0.05) is 23.7 Å². The van der Waals surface area contributed by atoms with Crippen LogP contribution in [-0.4, -0.2) is 47.7 Å². The van der Waals surface area contributed by atoms with Gasteiger partial charge in [-0.05, 0) is 50.3 Å². The van der Waals surface area contributed by atoms with Gasteiger partial charge in [-0.25, -0.2) is 4.98 Å². The molecule has 0 N–H and O–H groups in total. The first kappa shape index (κ1) is 18.5. The minimum Gasteiger partial charge on any atom is -0.478 e. The standard InChI is InChI=1S/C21H27ClN4O/c1-2-27-20-18-5-3-4-6-19(18)23-21(24-20)26-13-11-25(12-14-26)15-16-7-9-17(22)10-8-16/h7-10H,2-6,11-15H2,1H3. The first-order valence-corrected chi connectivity index (χ1v) is 10.3. The van der Waals surface area contributed by atoms with Crippen LogP contribution < -0.4 is 9.64 Å². The summed E-state index contributed by atoms with van der Waals surface area (Å²) < 4.78 is 5.85. The van der Waals surface area contributed by atoms with E-state index in [1.807, 2.05) is 19.1 Å². The number of aromatic nitrogens is 2. The van der Waals surface area contributed by atoms with Gasteiger partial charge in [0.15, 0.2) is 0 Å². The first-order valence-electron chi connectivity index (χ1n) is 9.97. The Morgan fingerprint density at radius 2 is 1.74 bits per heavy atom. The van der Waals surface area contributed by atoms with Crippen LogP contribution in [0.25, 0.3) is 0 Å². The molecule has 2 aromatic rings. The van der Waals surface area contributed by atoms with Crippen LogP contribution in [0.4, 0.5) is 5.95 Å². The van der Waals surface area contributed by atoms with E-state index < -0.39 is 0 Å². The van der Waals surface area contributed by atoms with Crippen LogP contribution in [0.15, 0.2) is 24.3 Å². The predicted molar refractivity (Wildman–Crippen MR) is 109 cm³/mol. The second-order valence-electron chi connectivity index (χ2n) is 7.28. The zero-order chi connectivity index (χ0) is 18.6. The molecule has 1 fully saturated rings. The number of ether oxygens (including phenoxy) is 1. The summed E-state index contributed by atoms with van der Waals surface area (Å²) >= 11 is 5.98. The maximum absolute atomic E-state index is 5.98. The molecule has 0 amide bonds. The number of aryl methyl sites for hydroxylation is 1. The third-order valence-electron chi connectivity index (χ3n) is 5.39. The number of halogens is 1. The molecule has 0 atom stereocenters. The van der Waals surface area contributed by atoms with Crippen LogP contribution in [0.2, 0.25) is 5.02 Å². The molecule has 5 nitrogen and oxygen atoms in total. The highest BCUT2D eigenvalue weighted by molar-refractivity contribution is 6.30. The Morgan fingerprint density at radius 3 is 2.48 bits per heavy atom. The lowest BCUT2D eigenvalue weighted by Crippen LogP contribution is -2.46. The van der Waals surface area contributed by atoms with Gasteiger partial charge in [0.25, 0.3) is 0 Å². The molecule has 144 valence electrons.